The minimum Gasteiger partial charge on any atom is -0.423 e. The van der Waals surface area contributed by atoms with Gasteiger partial charge in [0.05, 0.1) is 28.2 Å². The van der Waals surface area contributed by atoms with E-state index >= 15 is 0 Å². The Labute approximate surface area is 226 Å². The number of hydrogen-bond acceptors (Lipinski definition) is 7. The van der Waals surface area contributed by atoms with Crippen molar-refractivity contribution in [3.63, 3.8) is 0 Å². The fourth-order valence-corrected chi connectivity index (χ4v) is 4.58. The Kier molecular flexibility index (Phi) is 7.14. The molecule has 39 heavy (non-hydrogen) atoms. The first-order valence-electron chi connectivity index (χ1n) is 12.8. The van der Waals surface area contributed by atoms with Crippen LogP contribution in [-0.2, 0) is 6.42 Å². The molecule has 2 N–H and O–H groups in total. The number of fused-ring (bicyclic) bond motifs is 2. The summed E-state index contributed by atoms with van der Waals surface area (Å²) >= 11 is 0. The Morgan fingerprint density at radius 3 is 2.26 bits per heavy atom. The average molecular weight is 518 g/mol. The van der Waals surface area contributed by atoms with E-state index < -0.39 is 11.8 Å². The lowest BCUT2D eigenvalue weighted by Crippen LogP contribution is -2.24. The van der Waals surface area contributed by atoms with Gasteiger partial charge in [-0.1, -0.05) is 49.7 Å². The lowest BCUT2D eigenvalue weighted by atomic mass is 9.82. The van der Waals surface area contributed by atoms with Crippen LogP contribution in [0.1, 0.15) is 73.1 Å². The van der Waals surface area contributed by atoms with Gasteiger partial charge in [-0.2, -0.15) is 10.2 Å². The molecular formula is C32H27N3O4. The highest BCUT2D eigenvalue weighted by Crippen LogP contribution is 2.33. The quantitative estimate of drug-likeness (QED) is 0.105. The van der Waals surface area contributed by atoms with Crippen molar-refractivity contribution in [1.29, 1.82) is 0 Å². The Morgan fingerprint density at radius 1 is 0.846 bits per heavy atom. The van der Waals surface area contributed by atoms with Crippen LogP contribution in [-0.4, -0.2) is 17.5 Å². The first kappa shape index (κ1) is 25.7. The van der Waals surface area contributed by atoms with Gasteiger partial charge in [-0.3, -0.25) is 9.59 Å². The maximum Gasteiger partial charge on any atom is 0.345 e. The molecule has 4 aromatic rings. The second-order valence-electron chi connectivity index (χ2n) is 9.46. The molecular weight excluding hydrogens is 490 g/mol. The molecule has 0 atom stereocenters. The maximum atomic E-state index is 13.1. The second-order valence-corrected chi connectivity index (χ2v) is 9.46. The molecule has 0 saturated heterocycles. The molecule has 0 bridgehead atoms. The first-order valence-corrected chi connectivity index (χ1v) is 12.8. The van der Waals surface area contributed by atoms with Gasteiger partial charge in [0.2, 0.25) is 0 Å². The highest BCUT2D eigenvalue weighted by molar-refractivity contribution is 6.30. The summed E-state index contributed by atoms with van der Waals surface area (Å²) in [5, 5.41) is 8.66. The van der Waals surface area contributed by atoms with Crippen LogP contribution in [0.5, 0.6) is 5.75 Å². The van der Waals surface area contributed by atoms with Crippen LogP contribution in [0.2, 0.25) is 0 Å². The predicted octanol–water partition coefficient (Wildman–Crippen LogP) is 7.33. The lowest BCUT2D eigenvalue weighted by molar-refractivity contribution is 0.0735. The van der Waals surface area contributed by atoms with Gasteiger partial charge in [-0.25, -0.2) is 4.79 Å². The molecule has 4 aromatic carbocycles. The van der Waals surface area contributed by atoms with E-state index in [1.54, 1.807) is 42.5 Å². The number of hydrogen-bond donors (Lipinski definition) is 1. The predicted molar refractivity (Wildman–Crippen MR) is 150 cm³/mol. The third-order valence-electron chi connectivity index (χ3n) is 6.76. The first-order chi connectivity index (χ1) is 18.9. The SMILES string of the molecule is CCCCc1ccc(N=Nc2ccc(OC(=O)c3ccc4c(c3N)C(=O)c3ccccc3C4=O)cc2C)cc1. The van der Waals surface area contributed by atoms with Crippen molar-refractivity contribution in [1.82, 2.24) is 0 Å². The number of benzene rings is 4. The number of anilines is 1. The van der Waals surface area contributed by atoms with Gasteiger partial charge in [0.1, 0.15) is 5.75 Å². The summed E-state index contributed by atoms with van der Waals surface area (Å²) in [5.41, 5.74) is 10.4. The number of ketones is 2. The summed E-state index contributed by atoms with van der Waals surface area (Å²) < 4.78 is 5.56. The molecule has 0 aliphatic heterocycles. The van der Waals surface area contributed by atoms with Crippen LogP contribution >= 0.6 is 0 Å². The molecule has 0 radical (unpaired) electrons. The Balaban J connectivity index is 1.32. The summed E-state index contributed by atoms with van der Waals surface area (Å²) in [6.07, 6.45) is 3.36. The molecule has 5 rings (SSSR count). The number of ether oxygens (including phenoxy) is 1. The van der Waals surface area contributed by atoms with Gasteiger partial charge in [-0.05, 0) is 73.4 Å². The number of esters is 1. The summed E-state index contributed by atoms with van der Waals surface area (Å²) in [6.45, 7) is 4.01. The van der Waals surface area contributed by atoms with E-state index in [1.165, 1.54) is 17.7 Å². The molecule has 1 aliphatic rings. The molecule has 194 valence electrons. The third-order valence-corrected chi connectivity index (χ3v) is 6.76. The molecule has 7 nitrogen and oxygen atoms in total. The molecule has 0 spiro atoms. The van der Waals surface area contributed by atoms with Crippen molar-refractivity contribution in [3.05, 3.63) is 118 Å². The zero-order valence-corrected chi connectivity index (χ0v) is 21.7. The summed E-state index contributed by atoms with van der Waals surface area (Å²) in [5.74, 6) is -1.14. The Morgan fingerprint density at radius 2 is 1.56 bits per heavy atom. The molecule has 0 fully saturated rings. The van der Waals surface area contributed by atoms with E-state index in [9.17, 15) is 14.4 Å². The molecule has 0 heterocycles. The molecule has 0 saturated carbocycles. The Hall–Kier alpha value is -4.91. The molecule has 1 aliphatic carbocycles. The van der Waals surface area contributed by atoms with Crippen molar-refractivity contribution >= 4 is 34.6 Å². The number of carbonyl (C=O) groups is 3. The topological polar surface area (TPSA) is 111 Å². The van der Waals surface area contributed by atoms with E-state index in [-0.39, 0.29) is 33.7 Å². The lowest BCUT2D eigenvalue weighted by Gasteiger charge is -2.20. The van der Waals surface area contributed by atoms with Crippen LogP contribution in [0.3, 0.4) is 0 Å². The number of azo groups is 1. The van der Waals surface area contributed by atoms with Crippen molar-refractivity contribution in [3.8, 4) is 5.75 Å². The zero-order valence-electron chi connectivity index (χ0n) is 21.7. The van der Waals surface area contributed by atoms with E-state index in [0.717, 1.165) is 30.5 Å². The fourth-order valence-electron chi connectivity index (χ4n) is 4.58. The van der Waals surface area contributed by atoms with Gasteiger partial charge in [0, 0.05) is 16.7 Å². The number of nitrogens with two attached hydrogens (primary N) is 1. The number of nitrogens with zero attached hydrogens (tertiary/aromatic N) is 2. The third kappa shape index (κ3) is 5.11. The highest BCUT2D eigenvalue weighted by atomic mass is 16.5. The van der Waals surface area contributed by atoms with Gasteiger partial charge >= 0.3 is 5.97 Å². The van der Waals surface area contributed by atoms with E-state index in [1.807, 2.05) is 19.1 Å². The van der Waals surface area contributed by atoms with Gasteiger partial charge in [-0.15, -0.1) is 0 Å². The molecule has 7 heteroatoms. The second kappa shape index (κ2) is 10.8. The van der Waals surface area contributed by atoms with Gasteiger partial charge < -0.3 is 10.5 Å². The normalized spacial score (nSPS) is 12.4. The number of nitrogen functional groups attached to an aromatic ring is 1. The van der Waals surface area contributed by atoms with Crippen molar-refractivity contribution in [2.75, 3.05) is 5.73 Å². The van der Waals surface area contributed by atoms with Crippen LogP contribution in [0.15, 0.2) is 89.1 Å². The van der Waals surface area contributed by atoms with Crippen LogP contribution in [0.25, 0.3) is 0 Å². The van der Waals surface area contributed by atoms with E-state index in [2.05, 4.69) is 29.3 Å². The molecule has 0 unspecified atom stereocenters. The monoisotopic (exact) mass is 517 g/mol. The minimum atomic E-state index is -0.730. The highest BCUT2D eigenvalue weighted by Gasteiger charge is 2.33. The summed E-state index contributed by atoms with van der Waals surface area (Å²) in [7, 11) is 0. The molecule has 0 amide bonds. The largest absolute Gasteiger partial charge is 0.423 e. The fraction of sp³-hybridized carbons (Fsp3) is 0.156. The van der Waals surface area contributed by atoms with Crippen LogP contribution in [0.4, 0.5) is 17.1 Å². The number of carbonyl (C=O) groups excluding carboxylic acids is 3. The maximum absolute atomic E-state index is 13.1. The van der Waals surface area contributed by atoms with Crippen LogP contribution < -0.4 is 10.5 Å². The number of aryl methyl sites for hydroxylation is 2. The van der Waals surface area contributed by atoms with Gasteiger partial charge in [0.15, 0.2) is 11.6 Å². The summed E-state index contributed by atoms with van der Waals surface area (Å²) in [6, 6.07) is 22.5. The minimum absolute atomic E-state index is 0.0121. The van der Waals surface area contributed by atoms with Gasteiger partial charge in [0.25, 0.3) is 0 Å². The zero-order chi connectivity index (χ0) is 27.5. The smallest absolute Gasteiger partial charge is 0.345 e. The van der Waals surface area contributed by atoms with Crippen molar-refractivity contribution in [2.45, 2.75) is 33.1 Å². The van der Waals surface area contributed by atoms with Crippen LogP contribution in [0, 0.1) is 6.92 Å². The number of rotatable bonds is 7. The van der Waals surface area contributed by atoms with Crippen molar-refractivity contribution in [2.24, 2.45) is 10.2 Å². The number of unbranched alkanes of at least 4 members (excludes halogenated alkanes) is 1. The summed E-state index contributed by atoms with van der Waals surface area (Å²) in [4.78, 5) is 39.0. The van der Waals surface area contributed by atoms with Crippen molar-refractivity contribution < 1.29 is 19.1 Å². The van der Waals surface area contributed by atoms with E-state index in [0.29, 0.717) is 17.0 Å². The standard InChI is InChI=1S/C32H27N3O4/c1-3-4-7-20-10-12-21(13-11-20)34-35-27-17-14-22(18-19(27)2)39-32(38)26-16-15-25-28(29(26)33)31(37)24-9-6-5-8-23(24)30(25)36/h5-6,8-18H,3-4,7,33H2,1-2H3. The molecule has 0 aromatic heterocycles. The Bertz CT molecular complexity index is 1640. The van der Waals surface area contributed by atoms with E-state index in [4.69, 9.17) is 10.5 Å². The average Bonchev–Trinajstić information content (AvgIpc) is 2.94.